The molecule has 9 heteroatoms. The molecule has 0 aliphatic carbocycles. The fraction of sp³-hybridized carbons (Fsp3) is 0.103. The van der Waals surface area contributed by atoms with Gasteiger partial charge in [0.25, 0.3) is 5.56 Å². The Morgan fingerprint density at radius 3 is 2.50 bits per heavy atom. The number of fused-ring (bicyclic) bond motifs is 2. The standard InChI is InChI=1S/C29H23N7O2/c1-18(35-27-26-23(33-17-34-27)12-7-13-30-26)24-14-19-8-6-11-22(20-15-31-29(38-2)32-16-20)25(19)28(37)36(24)21-9-4-3-5-10-21/h3-18H,1-2H3,(H,33,34,35). The Morgan fingerprint density at radius 2 is 1.71 bits per heavy atom. The molecule has 0 bridgehead atoms. The van der Waals surface area contributed by atoms with Gasteiger partial charge < -0.3 is 10.1 Å². The molecular formula is C29H23N7O2. The summed E-state index contributed by atoms with van der Waals surface area (Å²) in [5, 5.41) is 4.84. The molecule has 1 unspecified atom stereocenters. The smallest absolute Gasteiger partial charge is 0.316 e. The first-order valence-corrected chi connectivity index (χ1v) is 12.1. The molecule has 0 aliphatic heterocycles. The third-order valence-corrected chi connectivity index (χ3v) is 6.40. The number of nitrogens with one attached hydrogen (secondary N) is 1. The topological polar surface area (TPSA) is 108 Å². The first-order valence-electron chi connectivity index (χ1n) is 12.1. The molecular weight excluding hydrogens is 478 g/mol. The van der Waals surface area contributed by atoms with Crippen LogP contribution in [0.15, 0.2) is 96.4 Å². The Bertz CT molecular complexity index is 1810. The van der Waals surface area contributed by atoms with E-state index in [1.807, 2.05) is 73.7 Å². The molecule has 0 fully saturated rings. The number of anilines is 1. The number of ether oxygens (including phenoxy) is 1. The lowest BCUT2D eigenvalue weighted by Crippen LogP contribution is -2.26. The van der Waals surface area contributed by atoms with Crippen LogP contribution in [-0.4, -0.2) is 36.6 Å². The predicted molar refractivity (Wildman–Crippen MR) is 146 cm³/mol. The molecule has 4 heterocycles. The largest absolute Gasteiger partial charge is 0.467 e. The maximum Gasteiger partial charge on any atom is 0.316 e. The zero-order chi connectivity index (χ0) is 26.1. The van der Waals surface area contributed by atoms with Gasteiger partial charge in [-0.25, -0.2) is 19.9 Å². The summed E-state index contributed by atoms with van der Waals surface area (Å²) in [6.45, 7) is 2.00. The van der Waals surface area contributed by atoms with E-state index < -0.39 is 0 Å². The molecule has 1 N–H and O–H groups in total. The number of methoxy groups -OCH3 is 1. The average molecular weight is 502 g/mol. The van der Waals surface area contributed by atoms with E-state index in [1.54, 1.807) is 23.2 Å². The maximum absolute atomic E-state index is 14.3. The minimum atomic E-state index is -0.291. The molecule has 9 nitrogen and oxygen atoms in total. The third kappa shape index (κ3) is 4.09. The van der Waals surface area contributed by atoms with E-state index in [1.165, 1.54) is 13.4 Å². The Balaban J connectivity index is 1.55. The van der Waals surface area contributed by atoms with Crippen molar-refractivity contribution in [2.75, 3.05) is 12.4 Å². The highest BCUT2D eigenvalue weighted by Crippen LogP contribution is 2.30. The summed E-state index contributed by atoms with van der Waals surface area (Å²) in [6, 6.07) is 21.1. The van der Waals surface area contributed by atoms with Crippen molar-refractivity contribution in [3.05, 3.63) is 108 Å². The number of pyridine rings is 2. The second-order valence-corrected chi connectivity index (χ2v) is 8.73. The maximum atomic E-state index is 14.3. The van der Waals surface area contributed by atoms with Crippen LogP contribution < -0.4 is 15.6 Å². The summed E-state index contributed by atoms with van der Waals surface area (Å²) in [5.41, 5.74) is 4.27. The van der Waals surface area contributed by atoms with Gasteiger partial charge in [0, 0.05) is 35.5 Å². The summed E-state index contributed by atoms with van der Waals surface area (Å²) in [5.74, 6) is 0.597. The lowest BCUT2D eigenvalue weighted by molar-refractivity contribution is 0.380. The zero-order valence-corrected chi connectivity index (χ0v) is 20.7. The summed E-state index contributed by atoms with van der Waals surface area (Å²) < 4.78 is 6.84. The summed E-state index contributed by atoms with van der Waals surface area (Å²) >= 11 is 0. The fourth-order valence-corrected chi connectivity index (χ4v) is 4.62. The quantitative estimate of drug-likeness (QED) is 0.341. The van der Waals surface area contributed by atoms with Crippen LogP contribution in [0.3, 0.4) is 0 Å². The highest BCUT2D eigenvalue weighted by molar-refractivity contribution is 5.96. The van der Waals surface area contributed by atoms with Crippen LogP contribution in [-0.2, 0) is 0 Å². The van der Waals surface area contributed by atoms with Gasteiger partial charge in [0.2, 0.25) is 0 Å². The Morgan fingerprint density at radius 1 is 0.895 bits per heavy atom. The number of rotatable bonds is 6. The first-order chi connectivity index (χ1) is 18.6. The Labute approximate surface area is 217 Å². The number of hydrogen-bond acceptors (Lipinski definition) is 8. The van der Waals surface area contributed by atoms with Gasteiger partial charge >= 0.3 is 6.01 Å². The third-order valence-electron chi connectivity index (χ3n) is 6.40. The molecule has 0 saturated carbocycles. The van der Waals surface area contributed by atoms with Crippen LogP contribution in [0.4, 0.5) is 5.82 Å². The Hall–Kier alpha value is -5.18. The van der Waals surface area contributed by atoms with E-state index in [2.05, 4.69) is 30.2 Å². The van der Waals surface area contributed by atoms with Crippen molar-refractivity contribution >= 4 is 27.6 Å². The van der Waals surface area contributed by atoms with Gasteiger partial charge in [0.15, 0.2) is 5.82 Å². The fourth-order valence-electron chi connectivity index (χ4n) is 4.62. The van der Waals surface area contributed by atoms with E-state index in [-0.39, 0.29) is 17.6 Å². The van der Waals surface area contributed by atoms with Crippen molar-refractivity contribution in [3.63, 3.8) is 0 Å². The van der Waals surface area contributed by atoms with Gasteiger partial charge in [-0.15, -0.1) is 0 Å². The number of aromatic nitrogens is 6. The van der Waals surface area contributed by atoms with Crippen LogP contribution in [0.25, 0.3) is 38.6 Å². The average Bonchev–Trinajstić information content (AvgIpc) is 2.97. The van der Waals surface area contributed by atoms with Crippen LogP contribution in [0.1, 0.15) is 18.7 Å². The zero-order valence-electron chi connectivity index (χ0n) is 20.7. The van der Waals surface area contributed by atoms with Gasteiger partial charge in [0.05, 0.1) is 24.1 Å². The molecule has 186 valence electrons. The molecule has 0 aliphatic rings. The minimum absolute atomic E-state index is 0.144. The number of hydrogen-bond donors (Lipinski definition) is 1. The minimum Gasteiger partial charge on any atom is -0.467 e. The molecule has 6 rings (SSSR count). The first kappa shape index (κ1) is 23.2. The van der Waals surface area contributed by atoms with Crippen molar-refractivity contribution < 1.29 is 4.74 Å². The summed E-state index contributed by atoms with van der Waals surface area (Å²) in [7, 11) is 1.52. The molecule has 0 saturated heterocycles. The molecule has 4 aromatic heterocycles. The van der Waals surface area contributed by atoms with Gasteiger partial charge in [-0.2, -0.15) is 0 Å². The molecule has 0 radical (unpaired) electrons. The van der Waals surface area contributed by atoms with Gasteiger partial charge in [-0.3, -0.25) is 14.3 Å². The van der Waals surface area contributed by atoms with E-state index >= 15 is 0 Å². The van der Waals surface area contributed by atoms with E-state index in [9.17, 15) is 4.79 Å². The number of benzene rings is 2. The number of para-hydroxylation sites is 1. The van der Waals surface area contributed by atoms with E-state index in [0.717, 1.165) is 33.4 Å². The molecule has 2 aromatic carbocycles. The predicted octanol–water partition coefficient (Wildman–Crippen LogP) is 4.97. The van der Waals surface area contributed by atoms with Gasteiger partial charge in [-0.05, 0) is 48.2 Å². The lowest BCUT2D eigenvalue weighted by atomic mass is 9.99. The van der Waals surface area contributed by atoms with Crippen LogP contribution in [0, 0.1) is 0 Å². The van der Waals surface area contributed by atoms with E-state index in [4.69, 9.17) is 4.74 Å². The number of nitrogens with zero attached hydrogens (tertiary/aromatic N) is 6. The molecule has 0 spiro atoms. The van der Waals surface area contributed by atoms with Crippen molar-refractivity contribution in [1.82, 2.24) is 29.5 Å². The van der Waals surface area contributed by atoms with Gasteiger partial charge in [0.1, 0.15) is 11.8 Å². The van der Waals surface area contributed by atoms with Crippen molar-refractivity contribution in [3.8, 4) is 22.8 Å². The highest BCUT2D eigenvalue weighted by Gasteiger charge is 2.20. The van der Waals surface area contributed by atoms with Crippen molar-refractivity contribution in [2.24, 2.45) is 0 Å². The molecule has 38 heavy (non-hydrogen) atoms. The molecule has 1 atom stereocenters. The van der Waals surface area contributed by atoms with Crippen molar-refractivity contribution in [1.29, 1.82) is 0 Å². The van der Waals surface area contributed by atoms with Gasteiger partial charge in [-0.1, -0.05) is 36.4 Å². The van der Waals surface area contributed by atoms with Crippen LogP contribution >= 0.6 is 0 Å². The normalized spacial score (nSPS) is 11.9. The second kappa shape index (κ2) is 9.70. The van der Waals surface area contributed by atoms with Crippen LogP contribution in [0.2, 0.25) is 0 Å². The summed E-state index contributed by atoms with van der Waals surface area (Å²) in [6.07, 6.45) is 6.55. The highest BCUT2D eigenvalue weighted by atomic mass is 16.5. The van der Waals surface area contributed by atoms with Crippen LogP contribution in [0.5, 0.6) is 6.01 Å². The SMILES string of the molecule is COc1ncc(-c2cccc3cc(C(C)Nc4ncnc5cccnc45)n(-c4ccccc4)c(=O)c23)cn1. The lowest BCUT2D eigenvalue weighted by Gasteiger charge is -2.22. The molecule has 6 aromatic rings. The van der Waals surface area contributed by atoms with Crippen molar-refractivity contribution in [2.45, 2.75) is 13.0 Å². The molecule has 0 amide bonds. The monoisotopic (exact) mass is 501 g/mol. The second-order valence-electron chi connectivity index (χ2n) is 8.73. The van der Waals surface area contributed by atoms with E-state index in [0.29, 0.717) is 16.7 Å². The Kier molecular flexibility index (Phi) is 5.93. The summed E-state index contributed by atoms with van der Waals surface area (Å²) in [4.78, 5) is 35.9.